The van der Waals surface area contributed by atoms with Crippen molar-refractivity contribution >= 4 is 16.8 Å². The lowest BCUT2D eigenvalue weighted by atomic mass is 9.80. The lowest BCUT2D eigenvalue weighted by Gasteiger charge is -2.35. The number of rotatable bonds is 4. The summed E-state index contributed by atoms with van der Waals surface area (Å²) >= 11 is 0. The van der Waals surface area contributed by atoms with E-state index in [2.05, 4.69) is 86.7 Å². The smallest absolute Gasteiger partial charge is 0.145 e. The second-order valence-corrected chi connectivity index (χ2v) is 8.92. The summed E-state index contributed by atoms with van der Waals surface area (Å²) in [6, 6.07) is 23.6. The van der Waals surface area contributed by atoms with Crippen LogP contribution >= 0.6 is 0 Å². The molecule has 6 rings (SSSR count). The van der Waals surface area contributed by atoms with Gasteiger partial charge in [0.15, 0.2) is 0 Å². The molecule has 3 heteroatoms. The third-order valence-electron chi connectivity index (χ3n) is 6.83. The Kier molecular flexibility index (Phi) is 4.65. The van der Waals surface area contributed by atoms with Gasteiger partial charge in [0.1, 0.15) is 18.0 Å². The Morgan fingerprint density at radius 2 is 1.73 bits per heavy atom. The van der Waals surface area contributed by atoms with E-state index in [1.807, 2.05) is 6.07 Å². The van der Waals surface area contributed by atoms with Crippen LogP contribution in [0.1, 0.15) is 33.4 Å². The zero-order valence-electron chi connectivity index (χ0n) is 18.9. The summed E-state index contributed by atoms with van der Waals surface area (Å²) in [5.41, 5.74) is 8.24. The molecule has 1 aliphatic carbocycles. The molecule has 0 fully saturated rings. The van der Waals surface area contributed by atoms with E-state index in [9.17, 15) is 5.11 Å². The van der Waals surface area contributed by atoms with E-state index in [4.69, 9.17) is 9.47 Å². The highest BCUT2D eigenvalue weighted by Crippen LogP contribution is 2.59. The SMILES string of the molecule is Cc1ccc2c(c1)C(OCCO)(c1ccccc1)c1c3c(c4cc(C)ccc4c1-2)OCC=C3. The quantitative estimate of drug-likeness (QED) is 0.419. The summed E-state index contributed by atoms with van der Waals surface area (Å²) in [5, 5.41) is 12.1. The molecule has 164 valence electrons. The number of hydrogen-bond donors (Lipinski definition) is 1. The maximum atomic E-state index is 9.82. The first-order chi connectivity index (χ1) is 16.1. The highest BCUT2D eigenvalue weighted by molar-refractivity contribution is 6.08. The second kappa shape index (κ2) is 7.58. The summed E-state index contributed by atoms with van der Waals surface area (Å²) in [5.74, 6) is 0.910. The molecular formula is C30H26O3. The van der Waals surface area contributed by atoms with Crippen LogP contribution in [0.2, 0.25) is 0 Å². The first-order valence-corrected chi connectivity index (χ1v) is 11.5. The summed E-state index contributed by atoms with van der Waals surface area (Å²) in [4.78, 5) is 0. The zero-order chi connectivity index (χ0) is 22.6. The Morgan fingerprint density at radius 3 is 2.55 bits per heavy atom. The lowest BCUT2D eigenvalue weighted by Crippen LogP contribution is -2.33. The van der Waals surface area contributed by atoms with Crippen LogP contribution in [-0.4, -0.2) is 24.9 Å². The molecule has 0 saturated carbocycles. The molecule has 0 saturated heterocycles. The highest BCUT2D eigenvalue weighted by atomic mass is 16.5. The van der Waals surface area contributed by atoms with Crippen molar-refractivity contribution in [2.75, 3.05) is 19.8 Å². The summed E-state index contributed by atoms with van der Waals surface area (Å²) in [6.07, 6.45) is 4.25. The van der Waals surface area contributed by atoms with Gasteiger partial charge in [-0.15, -0.1) is 0 Å². The van der Waals surface area contributed by atoms with Gasteiger partial charge < -0.3 is 14.6 Å². The molecule has 0 bridgehead atoms. The highest BCUT2D eigenvalue weighted by Gasteiger charge is 2.49. The topological polar surface area (TPSA) is 38.7 Å². The zero-order valence-corrected chi connectivity index (χ0v) is 18.9. The normalized spacial score (nSPS) is 18.0. The van der Waals surface area contributed by atoms with Gasteiger partial charge in [-0.25, -0.2) is 0 Å². The van der Waals surface area contributed by atoms with Crippen LogP contribution in [-0.2, 0) is 10.3 Å². The number of hydrogen-bond acceptors (Lipinski definition) is 3. The minimum atomic E-state index is -0.838. The number of aliphatic hydroxyl groups is 1. The molecule has 2 aliphatic rings. The Labute approximate surface area is 193 Å². The molecule has 0 amide bonds. The molecule has 1 atom stereocenters. The predicted octanol–water partition coefficient (Wildman–Crippen LogP) is 6.14. The van der Waals surface area contributed by atoms with E-state index in [-0.39, 0.29) is 13.2 Å². The molecule has 0 aromatic heterocycles. The molecule has 4 aromatic carbocycles. The van der Waals surface area contributed by atoms with Crippen LogP contribution in [0.15, 0.2) is 72.8 Å². The molecular weight excluding hydrogens is 408 g/mol. The third-order valence-corrected chi connectivity index (χ3v) is 6.83. The van der Waals surface area contributed by atoms with Crippen LogP contribution in [0.25, 0.3) is 28.0 Å². The Hall–Kier alpha value is -3.40. The number of fused-ring (bicyclic) bond motifs is 8. The van der Waals surface area contributed by atoms with Crippen LogP contribution in [0.4, 0.5) is 0 Å². The average molecular weight is 435 g/mol. The number of aryl methyl sites for hydroxylation is 2. The molecule has 3 nitrogen and oxygen atoms in total. The molecule has 1 N–H and O–H groups in total. The van der Waals surface area contributed by atoms with Gasteiger partial charge in [-0.05, 0) is 48.1 Å². The van der Waals surface area contributed by atoms with Gasteiger partial charge in [0.05, 0.1) is 13.2 Å². The van der Waals surface area contributed by atoms with Crippen LogP contribution in [0.5, 0.6) is 5.75 Å². The van der Waals surface area contributed by atoms with E-state index in [1.165, 1.54) is 27.6 Å². The maximum absolute atomic E-state index is 9.82. The van der Waals surface area contributed by atoms with Gasteiger partial charge in [0.25, 0.3) is 0 Å². The minimum absolute atomic E-state index is 0.0492. The van der Waals surface area contributed by atoms with E-state index in [0.717, 1.165) is 33.4 Å². The summed E-state index contributed by atoms with van der Waals surface area (Å²) in [7, 11) is 0. The number of ether oxygens (including phenoxy) is 2. The fourth-order valence-electron chi connectivity index (χ4n) is 5.56. The van der Waals surface area contributed by atoms with E-state index in [0.29, 0.717) is 6.61 Å². The maximum Gasteiger partial charge on any atom is 0.145 e. The fraction of sp³-hybridized carbons (Fsp3) is 0.200. The van der Waals surface area contributed by atoms with Crippen molar-refractivity contribution in [1.29, 1.82) is 0 Å². The van der Waals surface area contributed by atoms with Crippen molar-refractivity contribution in [3.63, 3.8) is 0 Å². The summed E-state index contributed by atoms with van der Waals surface area (Å²) < 4.78 is 13.0. The van der Waals surface area contributed by atoms with Gasteiger partial charge in [-0.3, -0.25) is 0 Å². The van der Waals surface area contributed by atoms with Crippen molar-refractivity contribution in [2.24, 2.45) is 0 Å². The van der Waals surface area contributed by atoms with Gasteiger partial charge >= 0.3 is 0 Å². The Bertz CT molecular complexity index is 1420. The van der Waals surface area contributed by atoms with Crippen LogP contribution in [0, 0.1) is 13.8 Å². The minimum Gasteiger partial charge on any atom is -0.488 e. The fourth-order valence-corrected chi connectivity index (χ4v) is 5.56. The van der Waals surface area contributed by atoms with Crippen LogP contribution < -0.4 is 4.74 Å². The molecule has 0 radical (unpaired) electrons. The Balaban J connectivity index is 1.85. The second-order valence-electron chi connectivity index (χ2n) is 8.92. The van der Waals surface area contributed by atoms with Crippen LogP contribution in [0.3, 0.4) is 0 Å². The molecule has 1 heterocycles. The van der Waals surface area contributed by atoms with E-state index in [1.54, 1.807) is 0 Å². The largest absolute Gasteiger partial charge is 0.488 e. The Morgan fingerprint density at radius 1 is 0.939 bits per heavy atom. The first kappa shape index (κ1) is 20.2. The lowest BCUT2D eigenvalue weighted by molar-refractivity contribution is -0.00386. The molecule has 0 spiro atoms. The number of aliphatic hydroxyl groups excluding tert-OH is 1. The van der Waals surface area contributed by atoms with Crippen molar-refractivity contribution in [3.05, 3.63) is 106 Å². The van der Waals surface area contributed by atoms with Gasteiger partial charge in [0.2, 0.25) is 0 Å². The van der Waals surface area contributed by atoms with Crippen molar-refractivity contribution in [2.45, 2.75) is 19.4 Å². The molecule has 4 aromatic rings. The monoisotopic (exact) mass is 434 g/mol. The van der Waals surface area contributed by atoms with Crippen molar-refractivity contribution in [1.82, 2.24) is 0 Å². The number of benzene rings is 4. The predicted molar refractivity (Wildman–Crippen MR) is 133 cm³/mol. The van der Waals surface area contributed by atoms with Crippen molar-refractivity contribution < 1.29 is 14.6 Å². The third kappa shape index (κ3) is 2.83. The van der Waals surface area contributed by atoms with E-state index < -0.39 is 5.60 Å². The molecule has 1 aliphatic heterocycles. The van der Waals surface area contributed by atoms with E-state index >= 15 is 0 Å². The summed E-state index contributed by atoms with van der Waals surface area (Å²) in [6.45, 7) is 4.97. The van der Waals surface area contributed by atoms with Gasteiger partial charge in [0, 0.05) is 22.1 Å². The van der Waals surface area contributed by atoms with Crippen molar-refractivity contribution in [3.8, 4) is 16.9 Å². The molecule has 33 heavy (non-hydrogen) atoms. The van der Waals surface area contributed by atoms with Gasteiger partial charge in [-0.2, -0.15) is 0 Å². The standard InChI is InChI=1S/C30H26O3/c1-19-10-12-22-25(17-19)29-24(9-6-15-32-29)28-27(22)23-13-11-20(2)18-26(23)30(28,33-16-14-31)21-7-4-3-5-8-21/h3-13,17-18,31H,14-16H2,1-2H3. The average Bonchev–Trinajstić information content (AvgIpc) is 3.14. The molecule has 1 unspecified atom stereocenters. The first-order valence-electron chi connectivity index (χ1n) is 11.5. The van der Waals surface area contributed by atoms with Gasteiger partial charge in [-0.1, -0.05) is 77.9 Å².